The van der Waals surface area contributed by atoms with E-state index in [9.17, 15) is 14.4 Å². The minimum absolute atomic E-state index is 0.0780. The number of amides is 4. The molecule has 1 spiro atoms. The monoisotopic (exact) mass is 365 g/mol. The first-order valence-electron chi connectivity index (χ1n) is 8.15. The predicted octanol–water partition coefficient (Wildman–Crippen LogP) is 1.84. The number of rotatable bonds is 3. The highest BCUT2D eigenvalue weighted by molar-refractivity contribution is 7.99. The summed E-state index contributed by atoms with van der Waals surface area (Å²) in [6.07, 6.45) is 2.54. The summed E-state index contributed by atoms with van der Waals surface area (Å²) in [5.74, 6) is 1.08. The molecule has 1 N–H and O–H groups in total. The Kier molecular flexibility index (Phi) is 4.04. The lowest BCUT2D eigenvalue weighted by molar-refractivity contribution is -0.139. The molecule has 3 aliphatic heterocycles. The second-order valence-corrected chi connectivity index (χ2v) is 8.55. The summed E-state index contributed by atoms with van der Waals surface area (Å²) in [4.78, 5) is 41.7. The molecule has 24 heavy (non-hydrogen) atoms. The Hall–Kier alpha value is -1.54. The quantitative estimate of drug-likeness (QED) is 0.830. The van der Waals surface area contributed by atoms with Gasteiger partial charge in [-0.25, -0.2) is 4.79 Å². The summed E-state index contributed by atoms with van der Waals surface area (Å²) in [6, 6.07) is 3.68. The molecule has 4 rings (SSSR count). The summed E-state index contributed by atoms with van der Waals surface area (Å²) >= 11 is 3.31. The molecule has 4 heterocycles. The number of hydrogen-bond donors (Lipinski definition) is 1. The number of thiophene rings is 1. The van der Waals surface area contributed by atoms with Crippen LogP contribution in [-0.2, 0) is 9.59 Å². The first-order valence-corrected chi connectivity index (χ1v) is 10.2. The van der Waals surface area contributed by atoms with Gasteiger partial charge in [0.1, 0.15) is 12.1 Å². The Labute approximate surface area is 148 Å². The summed E-state index contributed by atoms with van der Waals surface area (Å²) < 4.78 is 0. The third-order valence-electron chi connectivity index (χ3n) is 5.01. The van der Waals surface area contributed by atoms with Crippen molar-refractivity contribution < 1.29 is 14.4 Å². The van der Waals surface area contributed by atoms with Crippen molar-refractivity contribution in [2.24, 2.45) is 0 Å². The van der Waals surface area contributed by atoms with Crippen molar-refractivity contribution in [3.05, 3.63) is 22.4 Å². The molecule has 0 saturated carbocycles. The second kappa shape index (κ2) is 6.07. The molecular weight excluding hydrogens is 346 g/mol. The van der Waals surface area contributed by atoms with Gasteiger partial charge < -0.3 is 10.2 Å². The van der Waals surface area contributed by atoms with Crippen molar-refractivity contribution in [1.82, 2.24) is 15.1 Å². The molecule has 1 aromatic rings. The molecular formula is C16H19N3O3S2. The van der Waals surface area contributed by atoms with Crippen LogP contribution in [0.5, 0.6) is 0 Å². The summed E-state index contributed by atoms with van der Waals surface area (Å²) in [5, 5.41) is 4.82. The Balaban J connectivity index is 1.48. The standard InChI is InChI=1S/C16H19N3O3S2/c20-13(18-6-1-3-11(18)12-4-2-7-24-12)9-19-14(21)16(17-15(19)22)5-8-23-10-16/h2,4,7,11H,1,3,5-6,8-10H2,(H,17,22). The average Bonchev–Trinajstić information content (AvgIpc) is 3.33. The van der Waals surface area contributed by atoms with Gasteiger partial charge in [0, 0.05) is 17.2 Å². The van der Waals surface area contributed by atoms with Gasteiger partial charge in [0.15, 0.2) is 0 Å². The lowest BCUT2D eigenvalue weighted by Crippen LogP contribution is -2.48. The number of nitrogens with one attached hydrogen (secondary N) is 1. The molecule has 8 heteroatoms. The van der Waals surface area contributed by atoms with Gasteiger partial charge in [-0.2, -0.15) is 11.8 Å². The van der Waals surface area contributed by atoms with E-state index in [-0.39, 0.29) is 24.4 Å². The van der Waals surface area contributed by atoms with Gasteiger partial charge in [0.2, 0.25) is 5.91 Å². The molecule has 0 bridgehead atoms. The number of carbonyl (C=O) groups excluding carboxylic acids is 3. The predicted molar refractivity (Wildman–Crippen MR) is 92.9 cm³/mol. The van der Waals surface area contributed by atoms with E-state index in [1.807, 2.05) is 22.4 Å². The molecule has 1 aromatic heterocycles. The lowest BCUT2D eigenvalue weighted by atomic mass is 9.99. The molecule has 128 valence electrons. The highest BCUT2D eigenvalue weighted by Crippen LogP contribution is 2.36. The summed E-state index contributed by atoms with van der Waals surface area (Å²) in [5.41, 5.74) is -0.778. The second-order valence-electron chi connectivity index (χ2n) is 6.47. The van der Waals surface area contributed by atoms with Crippen LogP contribution in [0.4, 0.5) is 4.79 Å². The van der Waals surface area contributed by atoms with Crippen molar-refractivity contribution in [3.8, 4) is 0 Å². The Morgan fingerprint density at radius 1 is 1.42 bits per heavy atom. The number of nitrogens with zero attached hydrogens (tertiary/aromatic N) is 2. The van der Waals surface area contributed by atoms with Crippen molar-refractivity contribution in [2.45, 2.75) is 30.8 Å². The zero-order valence-corrected chi connectivity index (χ0v) is 14.8. The number of hydrogen-bond acceptors (Lipinski definition) is 5. The van der Waals surface area contributed by atoms with Gasteiger partial charge in [-0.3, -0.25) is 14.5 Å². The van der Waals surface area contributed by atoms with Gasteiger partial charge >= 0.3 is 6.03 Å². The minimum atomic E-state index is -0.778. The van der Waals surface area contributed by atoms with Crippen LogP contribution >= 0.6 is 23.1 Å². The molecule has 0 radical (unpaired) electrons. The van der Waals surface area contributed by atoms with Crippen LogP contribution < -0.4 is 5.32 Å². The van der Waals surface area contributed by atoms with E-state index in [2.05, 4.69) is 5.32 Å². The van der Waals surface area contributed by atoms with Crippen LogP contribution in [0.2, 0.25) is 0 Å². The largest absolute Gasteiger partial charge is 0.333 e. The van der Waals surface area contributed by atoms with E-state index >= 15 is 0 Å². The minimum Gasteiger partial charge on any atom is -0.333 e. The lowest BCUT2D eigenvalue weighted by Gasteiger charge is -2.26. The van der Waals surface area contributed by atoms with Crippen LogP contribution in [0, 0.1) is 0 Å². The number of urea groups is 1. The molecule has 4 amide bonds. The van der Waals surface area contributed by atoms with Gasteiger partial charge in [-0.1, -0.05) is 6.07 Å². The topological polar surface area (TPSA) is 69.7 Å². The summed E-state index contributed by atoms with van der Waals surface area (Å²) in [6.45, 7) is 0.533. The maximum atomic E-state index is 12.8. The van der Waals surface area contributed by atoms with E-state index in [4.69, 9.17) is 0 Å². The van der Waals surface area contributed by atoms with Crippen molar-refractivity contribution in [1.29, 1.82) is 0 Å². The summed E-state index contributed by atoms with van der Waals surface area (Å²) in [7, 11) is 0. The molecule has 6 nitrogen and oxygen atoms in total. The van der Waals surface area contributed by atoms with Gasteiger partial charge in [-0.05, 0) is 36.5 Å². The smallest absolute Gasteiger partial charge is 0.325 e. The third-order valence-corrected chi connectivity index (χ3v) is 7.17. The molecule has 0 aliphatic carbocycles. The fourth-order valence-corrected chi connectivity index (χ4v) is 5.92. The van der Waals surface area contributed by atoms with Crippen molar-refractivity contribution in [2.75, 3.05) is 24.6 Å². The highest BCUT2D eigenvalue weighted by atomic mass is 32.2. The van der Waals surface area contributed by atoms with Crippen LogP contribution in [0.1, 0.15) is 30.2 Å². The fourth-order valence-electron chi connectivity index (χ4n) is 3.72. The molecule has 2 atom stereocenters. The number of carbonyl (C=O) groups is 3. The van der Waals surface area contributed by atoms with Gasteiger partial charge in [0.05, 0.1) is 6.04 Å². The SMILES string of the molecule is O=C1NC2(CCSC2)C(=O)N1CC(=O)N1CCCC1c1cccs1. The Morgan fingerprint density at radius 2 is 2.29 bits per heavy atom. The maximum absolute atomic E-state index is 12.8. The number of thioether (sulfide) groups is 1. The van der Waals surface area contributed by atoms with E-state index in [1.165, 1.54) is 4.88 Å². The van der Waals surface area contributed by atoms with E-state index < -0.39 is 11.6 Å². The first kappa shape index (κ1) is 16.0. The zero-order valence-electron chi connectivity index (χ0n) is 13.2. The van der Waals surface area contributed by atoms with Crippen LogP contribution in [0.3, 0.4) is 0 Å². The average molecular weight is 365 g/mol. The third kappa shape index (κ3) is 2.52. The molecule has 3 saturated heterocycles. The van der Waals surface area contributed by atoms with Crippen molar-refractivity contribution in [3.63, 3.8) is 0 Å². The highest BCUT2D eigenvalue weighted by Gasteiger charge is 2.53. The normalized spacial score (nSPS) is 29.8. The van der Waals surface area contributed by atoms with Gasteiger partial charge in [0.25, 0.3) is 5.91 Å². The first-order chi connectivity index (χ1) is 11.6. The molecule has 2 unspecified atom stereocenters. The van der Waals surface area contributed by atoms with Crippen molar-refractivity contribution >= 4 is 40.9 Å². The van der Waals surface area contributed by atoms with Crippen LogP contribution in [-0.4, -0.2) is 57.8 Å². The maximum Gasteiger partial charge on any atom is 0.325 e. The van der Waals surface area contributed by atoms with E-state index in [1.54, 1.807) is 23.1 Å². The fraction of sp³-hybridized carbons (Fsp3) is 0.562. The molecule has 3 aliphatic rings. The number of likely N-dealkylation sites (tertiary alicyclic amines) is 1. The molecule has 0 aromatic carbocycles. The van der Waals surface area contributed by atoms with E-state index in [0.717, 1.165) is 23.5 Å². The van der Waals surface area contributed by atoms with E-state index in [0.29, 0.717) is 18.7 Å². The van der Waals surface area contributed by atoms with Gasteiger partial charge in [-0.15, -0.1) is 11.3 Å². The number of imide groups is 1. The zero-order chi connectivity index (χ0) is 16.7. The van der Waals surface area contributed by atoms with Crippen LogP contribution in [0.25, 0.3) is 0 Å². The molecule has 3 fully saturated rings. The van der Waals surface area contributed by atoms with Crippen LogP contribution in [0.15, 0.2) is 17.5 Å². The Morgan fingerprint density at radius 3 is 3.00 bits per heavy atom. The Bertz CT molecular complexity index is 670.